The number of halogens is 4. The number of hydrogen-bond donors (Lipinski definition) is 0. The van der Waals surface area contributed by atoms with Crippen LogP contribution < -0.4 is 104 Å². The van der Waals surface area contributed by atoms with Gasteiger partial charge in [-0.25, -0.2) is 0 Å². The van der Waals surface area contributed by atoms with E-state index < -0.39 is 14.5 Å². The maximum atomic E-state index is 5.83. The number of hydrogen-bond acceptors (Lipinski definition) is 4. The first kappa shape index (κ1) is 80.0. The van der Waals surface area contributed by atoms with Gasteiger partial charge in [-0.05, 0) is 201 Å². The van der Waals surface area contributed by atoms with Crippen molar-refractivity contribution in [3.05, 3.63) is 403 Å². The highest BCUT2D eigenvalue weighted by Gasteiger charge is 2.46. The van der Waals surface area contributed by atoms with E-state index in [1.54, 1.807) is 0 Å². The molecule has 1 atom stereocenters. The van der Waals surface area contributed by atoms with E-state index in [1.807, 2.05) is 0 Å². The molecule has 0 aliphatic carbocycles. The Morgan fingerprint density at radius 2 is 0.651 bits per heavy atom. The lowest BCUT2D eigenvalue weighted by atomic mass is 10.1. The van der Waals surface area contributed by atoms with Gasteiger partial charge in [-0.3, -0.25) is 0 Å². The summed E-state index contributed by atoms with van der Waals surface area (Å²) < 4.78 is 6.46. The fourth-order valence-electron chi connectivity index (χ4n) is 14.9. The molecule has 4 nitrogen and oxygen atoms in total. The van der Waals surface area contributed by atoms with Crippen LogP contribution in [0, 0.1) is 11.7 Å². The first-order valence-corrected chi connectivity index (χ1v) is 42.8. The fraction of sp³-hybridized carbons (Fsp3) is 0.138. The van der Waals surface area contributed by atoms with Crippen LogP contribution in [-0.2, 0) is 26.2 Å². The van der Waals surface area contributed by atoms with Gasteiger partial charge in [0.25, 0.3) is 0 Å². The van der Waals surface area contributed by atoms with Crippen molar-refractivity contribution in [1.29, 1.82) is 0 Å². The van der Waals surface area contributed by atoms with Crippen LogP contribution in [0.1, 0.15) is 47.7 Å². The zero-order valence-electron chi connectivity index (χ0n) is 59.8. The molecule has 0 saturated carbocycles. The third kappa shape index (κ3) is 18.8. The molecule has 1 aliphatic heterocycles. The maximum absolute atomic E-state index is 5.83. The Balaban J connectivity index is 0.000000172. The zero-order chi connectivity index (χ0) is 70.2. The second-order valence-corrected chi connectivity index (χ2v) is 36.6. The molecular formula is C94H87I4N4P2S2-. The summed E-state index contributed by atoms with van der Waals surface area (Å²) in [5.74, 6) is 1.07. The van der Waals surface area contributed by atoms with Crippen LogP contribution in [0.15, 0.2) is 370 Å². The Morgan fingerprint density at radius 3 is 1.00 bits per heavy atom. The lowest BCUT2D eigenvalue weighted by Crippen LogP contribution is -3.00. The van der Waals surface area contributed by atoms with Crippen molar-refractivity contribution >= 4 is 136 Å². The molecule has 1 aliphatic rings. The normalized spacial score (nSPS) is 12.6. The van der Waals surface area contributed by atoms with Gasteiger partial charge >= 0.3 is 0 Å². The van der Waals surface area contributed by atoms with Crippen LogP contribution in [0.3, 0.4) is 0 Å². The van der Waals surface area contributed by atoms with Crippen molar-refractivity contribution in [2.45, 2.75) is 58.4 Å². The number of benzene rings is 14. The van der Waals surface area contributed by atoms with E-state index in [0.29, 0.717) is 0 Å². The van der Waals surface area contributed by atoms with Gasteiger partial charge < -0.3 is 90.9 Å². The minimum atomic E-state index is -1.87. The number of imidazole rings is 1. The molecule has 0 fully saturated rings. The van der Waals surface area contributed by atoms with E-state index in [-0.39, 0.29) is 77.4 Å². The highest BCUT2D eigenvalue weighted by atomic mass is 127. The molecule has 15 aromatic rings. The monoisotopic (exact) mass is 1910 g/mol. The fourth-order valence-corrected chi connectivity index (χ4v) is 26.4. The molecule has 0 radical (unpaired) electrons. The number of nitrogens with zero attached hydrogens (tertiary/aromatic N) is 4. The summed E-state index contributed by atoms with van der Waals surface area (Å²) in [7, 11) is -3.44. The second kappa shape index (κ2) is 38.9. The van der Waals surface area contributed by atoms with Gasteiger partial charge in [0.15, 0.2) is 10.3 Å². The molecule has 1 aromatic heterocycles. The smallest absolute Gasteiger partial charge is 0.180 e. The van der Waals surface area contributed by atoms with Crippen molar-refractivity contribution in [3.8, 4) is 0 Å². The molecule has 534 valence electrons. The lowest BCUT2D eigenvalue weighted by molar-refractivity contribution is -0.00100. The topological polar surface area (TPSA) is 16.3 Å². The van der Waals surface area contributed by atoms with Gasteiger partial charge in [0, 0.05) is 53.6 Å². The van der Waals surface area contributed by atoms with Crippen LogP contribution in [0.25, 0.3) is 43.1 Å². The number of aromatic nitrogens is 2. The van der Waals surface area contributed by atoms with Crippen molar-refractivity contribution < 1.29 is 71.9 Å². The van der Waals surface area contributed by atoms with E-state index in [4.69, 9.17) is 12.2 Å². The first-order chi connectivity index (χ1) is 50.7. The van der Waals surface area contributed by atoms with Crippen LogP contribution in [0.5, 0.6) is 0 Å². The van der Waals surface area contributed by atoms with Gasteiger partial charge in [-0.2, -0.15) is 0 Å². The van der Waals surface area contributed by atoms with Crippen LogP contribution >= 0.6 is 61.1 Å². The minimum Gasteiger partial charge on any atom is -1.00 e. The van der Waals surface area contributed by atoms with Gasteiger partial charge in [-0.1, -0.05) is 277 Å². The predicted molar refractivity (Wildman–Crippen MR) is 461 cm³/mol. The average Bonchev–Trinajstić information content (AvgIpc) is 0.982. The number of fused-ring (bicyclic) bond motifs is 4. The molecule has 0 N–H and O–H groups in total. The third-order valence-corrected chi connectivity index (χ3v) is 31.6. The molecule has 0 spiro atoms. The number of rotatable bonds is 22. The van der Waals surface area contributed by atoms with E-state index >= 15 is 0 Å². The molecule has 12 heteroatoms. The summed E-state index contributed by atoms with van der Waals surface area (Å²) in [6.45, 7) is 7.76. The maximum Gasteiger partial charge on any atom is 0.180 e. The summed E-state index contributed by atoms with van der Waals surface area (Å²) in [4.78, 5) is 5.18. The van der Waals surface area contributed by atoms with Crippen molar-refractivity contribution in [3.63, 3.8) is 0 Å². The molecule has 2 heterocycles. The number of alkyl halides is 1. The van der Waals surface area contributed by atoms with E-state index in [9.17, 15) is 0 Å². The Labute approximate surface area is 702 Å². The summed E-state index contributed by atoms with van der Waals surface area (Å²) in [6.07, 6.45) is 9.29. The van der Waals surface area contributed by atoms with E-state index in [1.165, 1.54) is 126 Å². The summed E-state index contributed by atoms with van der Waals surface area (Å²) in [5, 5.41) is 19.1. The first-order valence-electron chi connectivity index (χ1n) is 35.9. The molecule has 1 unspecified atom stereocenters. The molecule has 16 rings (SSSR count). The molecule has 106 heavy (non-hydrogen) atoms. The SMILES string of the molecule is CC1=CN(Cc2ccc3ccccc3c2)C(SCCC[P+](c2ccccc2)(c2ccccc2)c2ccccc2)N1Cc1ccc2ccccc2c1.Cc1cn(Cc2ccc3ccccc3c2)c(=S)n1Cc1ccc2ccccc2c1.ICCC[P+](c1ccccc1)(c1ccccc1)c1ccccc1.[I-].[I-].[I-]. The van der Waals surface area contributed by atoms with Gasteiger partial charge in [0.05, 0.1) is 18.9 Å². The molecule has 0 saturated heterocycles. The lowest BCUT2D eigenvalue weighted by Gasteiger charge is -2.34. The van der Waals surface area contributed by atoms with E-state index in [0.717, 1.165) is 49.3 Å². The highest BCUT2D eigenvalue weighted by Crippen LogP contribution is 2.57. The summed E-state index contributed by atoms with van der Waals surface area (Å²) >= 11 is 10.4. The van der Waals surface area contributed by atoms with E-state index in [2.05, 4.69) is 431 Å². The van der Waals surface area contributed by atoms with Gasteiger partial charge in [-0.15, -0.1) is 11.8 Å². The van der Waals surface area contributed by atoms with Crippen LogP contribution in [0.2, 0.25) is 0 Å². The largest absolute Gasteiger partial charge is 1.00 e. The number of thioether (sulfide) groups is 1. The number of aryl methyl sites for hydroxylation is 1. The third-order valence-electron chi connectivity index (χ3n) is 20.0. The number of allylic oxidation sites excluding steroid dienone is 1. The Hall–Kier alpha value is -6.98. The Bertz CT molecular complexity index is 5190. The standard InChI is InChI=1S/C47H44N2PS.C26H22N2S.C21H21IP.3HI/c1-37-34-48(35-38-26-28-40-16-11-13-18-42(40)32-38)47(49(37)36-39-27-29-41-17-12-14-19-43(41)33-39)51-31-15-30-50(44-20-5-2-6-21-44,45-22-7-3-8-23-45)46-24-9-4-10-25-46;1-19-16-27(17-20-10-12-22-6-2-4-8-24(22)14-20)26(29)28(19)18-21-11-13-23-7-3-5-9-25(23)15-21;22-17-10-18-23(19-11-4-1-5-12-19,20-13-6-2-7-14-20)21-15-8-3-9-16-21;;;/h2-14,16-29,32-34,47H,15,30-31,35-36H2,1H3;2-16H,17-18H2,1H3;1-9,11-16H,10,17-18H2;3*1H/q+1;;+1;;;/p-3. The van der Waals surface area contributed by atoms with Crippen molar-refractivity contribution in [1.82, 2.24) is 18.9 Å². The molecule has 14 aromatic carbocycles. The van der Waals surface area contributed by atoms with Crippen LogP contribution in [0.4, 0.5) is 0 Å². The zero-order valence-corrected chi connectivity index (χ0v) is 71.9. The quantitative estimate of drug-likeness (QED) is 0.0221. The van der Waals surface area contributed by atoms with Crippen molar-refractivity contribution in [2.75, 3.05) is 22.5 Å². The summed E-state index contributed by atoms with van der Waals surface area (Å²) in [5.41, 5.74) is 7.94. The predicted octanol–water partition coefficient (Wildman–Crippen LogP) is 13.1. The summed E-state index contributed by atoms with van der Waals surface area (Å²) in [6, 6.07) is 129. The highest BCUT2D eigenvalue weighted by molar-refractivity contribution is 14.1. The molecule has 0 bridgehead atoms. The van der Waals surface area contributed by atoms with Crippen molar-refractivity contribution in [2.24, 2.45) is 0 Å². The second-order valence-electron chi connectivity index (χ2n) is 26.7. The Kier molecular flexibility index (Phi) is 29.4. The molecular weight excluding hydrogens is 1820 g/mol. The van der Waals surface area contributed by atoms with Gasteiger partial charge in [0.2, 0.25) is 0 Å². The minimum absolute atomic E-state index is 0. The van der Waals surface area contributed by atoms with Gasteiger partial charge in [0.1, 0.15) is 46.4 Å². The van der Waals surface area contributed by atoms with Crippen LogP contribution in [-0.4, -0.2) is 46.9 Å². The average molecular weight is 1910 g/mol. The molecule has 0 amide bonds. The Morgan fingerprint density at radius 1 is 0.349 bits per heavy atom.